The summed E-state index contributed by atoms with van der Waals surface area (Å²) in [5, 5.41) is 10.0. The molecule has 3 rings (SSSR count). The summed E-state index contributed by atoms with van der Waals surface area (Å²) in [5.74, 6) is 0.605. The van der Waals surface area contributed by atoms with Crippen LogP contribution < -0.4 is 0 Å². The third-order valence-corrected chi connectivity index (χ3v) is 4.78. The maximum absolute atomic E-state index is 11.2. The highest BCUT2D eigenvalue weighted by Gasteiger charge is 2.17. The zero-order valence-corrected chi connectivity index (χ0v) is 14.2. The van der Waals surface area contributed by atoms with Crippen LogP contribution in [-0.4, -0.2) is 25.6 Å². The normalized spacial score (nSPS) is 11.5. The fourth-order valence-electron chi connectivity index (χ4n) is 2.68. The third kappa shape index (κ3) is 3.12. The molecule has 0 spiro atoms. The topological polar surface area (TPSA) is 68.0 Å². The zero-order valence-electron chi connectivity index (χ0n) is 13.4. The van der Waals surface area contributed by atoms with Crippen LogP contribution in [0.1, 0.15) is 40.0 Å². The lowest BCUT2D eigenvalue weighted by molar-refractivity contribution is 0.0701. The SMILES string of the molecule is Cc1nc(Cn2c(CC(C)C)nc3ccccc32)sc1C(=O)O. The number of hydrogen-bond acceptors (Lipinski definition) is 4. The van der Waals surface area contributed by atoms with Crippen LogP contribution in [0.2, 0.25) is 0 Å². The van der Waals surface area contributed by atoms with Crippen molar-refractivity contribution in [2.45, 2.75) is 33.7 Å². The van der Waals surface area contributed by atoms with Crippen molar-refractivity contribution in [3.63, 3.8) is 0 Å². The predicted molar refractivity (Wildman–Crippen MR) is 91.2 cm³/mol. The van der Waals surface area contributed by atoms with Crippen LogP contribution in [0.4, 0.5) is 0 Å². The monoisotopic (exact) mass is 329 g/mol. The van der Waals surface area contributed by atoms with Crippen molar-refractivity contribution in [3.8, 4) is 0 Å². The van der Waals surface area contributed by atoms with E-state index >= 15 is 0 Å². The van der Waals surface area contributed by atoms with Gasteiger partial charge in [-0.05, 0) is 25.0 Å². The molecule has 1 aromatic carbocycles. The standard InChI is InChI=1S/C17H19N3O2S/c1-10(2)8-14-19-12-6-4-5-7-13(12)20(14)9-15-18-11(3)16(23-15)17(21)22/h4-7,10H,8-9H2,1-3H3,(H,21,22). The van der Waals surface area contributed by atoms with Gasteiger partial charge in [0.1, 0.15) is 15.7 Å². The van der Waals surface area contributed by atoms with Crippen molar-refractivity contribution in [1.29, 1.82) is 0 Å². The molecule has 3 aromatic rings. The van der Waals surface area contributed by atoms with E-state index in [9.17, 15) is 9.90 Å². The lowest BCUT2D eigenvalue weighted by Crippen LogP contribution is -2.08. The number of imidazole rings is 1. The van der Waals surface area contributed by atoms with Gasteiger partial charge in [0.2, 0.25) is 0 Å². The minimum Gasteiger partial charge on any atom is -0.477 e. The van der Waals surface area contributed by atoms with E-state index in [1.54, 1.807) is 6.92 Å². The Morgan fingerprint density at radius 2 is 2.04 bits per heavy atom. The summed E-state index contributed by atoms with van der Waals surface area (Å²) in [5.41, 5.74) is 2.61. The van der Waals surface area contributed by atoms with Gasteiger partial charge in [0.25, 0.3) is 0 Å². The van der Waals surface area contributed by atoms with E-state index in [2.05, 4.69) is 23.4 Å². The van der Waals surface area contributed by atoms with Gasteiger partial charge in [0.15, 0.2) is 0 Å². The first-order chi connectivity index (χ1) is 11.0. The number of aryl methyl sites for hydroxylation is 1. The van der Waals surface area contributed by atoms with Gasteiger partial charge in [-0.1, -0.05) is 26.0 Å². The molecule has 6 heteroatoms. The minimum atomic E-state index is -0.913. The number of fused-ring (bicyclic) bond motifs is 1. The molecule has 0 amide bonds. The smallest absolute Gasteiger partial charge is 0.347 e. The van der Waals surface area contributed by atoms with Crippen LogP contribution >= 0.6 is 11.3 Å². The molecule has 0 unspecified atom stereocenters. The number of thiazole rings is 1. The third-order valence-electron chi connectivity index (χ3n) is 3.65. The molecule has 0 aliphatic carbocycles. The second-order valence-corrected chi connectivity index (χ2v) is 7.11. The van der Waals surface area contributed by atoms with Crippen molar-refractivity contribution in [2.24, 2.45) is 5.92 Å². The van der Waals surface area contributed by atoms with E-state index in [1.165, 1.54) is 11.3 Å². The molecule has 0 saturated carbocycles. The lowest BCUT2D eigenvalue weighted by Gasteiger charge is -2.09. The molecule has 0 atom stereocenters. The van der Waals surface area contributed by atoms with Crippen molar-refractivity contribution < 1.29 is 9.90 Å². The Kier molecular flexibility index (Phi) is 4.17. The van der Waals surface area contributed by atoms with Gasteiger partial charge in [-0.15, -0.1) is 11.3 Å². The van der Waals surface area contributed by atoms with Crippen LogP contribution in [-0.2, 0) is 13.0 Å². The number of aromatic nitrogens is 3. The Hall–Kier alpha value is -2.21. The van der Waals surface area contributed by atoms with Gasteiger partial charge in [0.05, 0.1) is 23.3 Å². The maximum Gasteiger partial charge on any atom is 0.347 e. The van der Waals surface area contributed by atoms with Gasteiger partial charge in [-0.25, -0.2) is 14.8 Å². The summed E-state index contributed by atoms with van der Waals surface area (Å²) in [6.45, 7) is 6.63. The fraction of sp³-hybridized carbons (Fsp3) is 0.353. The quantitative estimate of drug-likeness (QED) is 0.774. The van der Waals surface area contributed by atoms with Gasteiger partial charge in [0, 0.05) is 6.42 Å². The number of hydrogen-bond donors (Lipinski definition) is 1. The van der Waals surface area contributed by atoms with E-state index in [0.717, 1.165) is 28.3 Å². The van der Waals surface area contributed by atoms with Crippen LogP contribution in [0.15, 0.2) is 24.3 Å². The summed E-state index contributed by atoms with van der Waals surface area (Å²) in [6.07, 6.45) is 0.880. The molecule has 0 aliphatic rings. The molecule has 0 bridgehead atoms. The molecular formula is C17H19N3O2S. The number of rotatable bonds is 5. The molecule has 1 N–H and O–H groups in total. The second-order valence-electron chi connectivity index (χ2n) is 6.03. The lowest BCUT2D eigenvalue weighted by atomic mass is 10.1. The Morgan fingerprint density at radius 3 is 2.70 bits per heavy atom. The Bertz CT molecular complexity index is 864. The van der Waals surface area contributed by atoms with Gasteiger partial charge >= 0.3 is 5.97 Å². The van der Waals surface area contributed by atoms with Crippen LogP contribution in [0.25, 0.3) is 11.0 Å². The summed E-state index contributed by atoms with van der Waals surface area (Å²) < 4.78 is 2.15. The molecular weight excluding hydrogens is 310 g/mol. The Morgan fingerprint density at radius 1 is 1.30 bits per heavy atom. The molecule has 2 heterocycles. The molecule has 0 saturated heterocycles. The highest BCUT2D eigenvalue weighted by Crippen LogP contribution is 2.23. The molecule has 0 aliphatic heterocycles. The number of nitrogens with zero attached hydrogens (tertiary/aromatic N) is 3. The van der Waals surface area contributed by atoms with E-state index < -0.39 is 5.97 Å². The summed E-state index contributed by atoms with van der Waals surface area (Å²) in [4.78, 5) is 20.7. The maximum atomic E-state index is 11.2. The van der Waals surface area contributed by atoms with Gasteiger partial charge in [-0.3, -0.25) is 0 Å². The number of para-hydroxylation sites is 2. The first kappa shape index (κ1) is 15.7. The average Bonchev–Trinajstić information content (AvgIpc) is 3.00. The summed E-state index contributed by atoms with van der Waals surface area (Å²) >= 11 is 1.24. The zero-order chi connectivity index (χ0) is 16.6. The van der Waals surface area contributed by atoms with E-state index in [-0.39, 0.29) is 0 Å². The number of carbonyl (C=O) groups is 1. The Balaban J connectivity index is 2.04. The van der Waals surface area contributed by atoms with Crippen molar-refractivity contribution in [2.75, 3.05) is 0 Å². The first-order valence-corrected chi connectivity index (χ1v) is 8.41. The highest BCUT2D eigenvalue weighted by molar-refractivity contribution is 7.13. The largest absolute Gasteiger partial charge is 0.477 e. The number of benzene rings is 1. The van der Waals surface area contributed by atoms with Crippen molar-refractivity contribution in [3.05, 3.63) is 45.7 Å². The number of carboxylic acid groups (broad SMARTS) is 1. The highest BCUT2D eigenvalue weighted by atomic mass is 32.1. The van der Waals surface area contributed by atoms with Gasteiger partial charge in [-0.2, -0.15) is 0 Å². The van der Waals surface area contributed by atoms with E-state index in [4.69, 9.17) is 4.98 Å². The number of carboxylic acids is 1. The van der Waals surface area contributed by atoms with E-state index in [1.807, 2.05) is 24.3 Å². The minimum absolute atomic E-state index is 0.315. The van der Waals surface area contributed by atoms with Crippen molar-refractivity contribution in [1.82, 2.24) is 14.5 Å². The first-order valence-electron chi connectivity index (χ1n) is 7.59. The second kappa shape index (κ2) is 6.12. The molecule has 0 fully saturated rings. The van der Waals surface area contributed by atoms with Crippen LogP contribution in [0.3, 0.4) is 0 Å². The molecule has 2 aromatic heterocycles. The Labute approximate surface area is 138 Å². The molecule has 120 valence electrons. The molecule has 23 heavy (non-hydrogen) atoms. The molecule has 5 nitrogen and oxygen atoms in total. The van der Waals surface area contributed by atoms with Crippen LogP contribution in [0.5, 0.6) is 0 Å². The summed E-state index contributed by atoms with van der Waals surface area (Å²) in [6, 6.07) is 8.03. The van der Waals surface area contributed by atoms with Crippen LogP contribution in [0, 0.1) is 12.8 Å². The van der Waals surface area contributed by atoms with Gasteiger partial charge < -0.3 is 9.67 Å². The average molecular weight is 329 g/mol. The molecule has 0 radical (unpaired) electrons. The summed E-state index contributed by atoms with van der Waals surface area (Å²) in [7, 11) is 0. The fourth-order valence-corrected chi connectivity index (χ4v) is 3.57. The van der Waals surface area contributed by atoms with Crippen molar-refractivity contribution >= 4 is 28.3 Å². The number of aromatic carboxylic acids is 1. The van der Waals surface area contributed by atoms with E-state index in [0.29, 0.717) is 23.0 Å². The predicted octanol–water partition coefficient (Wildman–Crippen LogP) is 3.75.